The number of rotatable bonds is 5. The normalized spacial score (nSPS) is 28.1. The molecule has 0 amide bonds. The molecule has 0 aromatic carbocycles. The van der Waals surface area contributed by atoms with Crippen molar-refractivity contribution >= 4 is 17.7 Å². The van der Waals surface area contributed by atoms with Crippen LogP contribution in [0.15, 0.2) is 24.3 Å². The Morgan fingerprint density at radius 2 is 2.15 bits per heavy atom. The molecule has 20 heavy (non-hydrogen) atoms. The van der Waals surface area contributed by atoms with E-state index >= 15 is 0 Å². The molecular formula is C16H20O4. The third-order valence-corrected chi connectivity index (χ3v) is 3.86. The van der Waals surface area contributed by atoms with Gasteiger partial charge in [-0.15, -0.1) is 0 Å². The van der Waals surface area contributed by atoms with Gasteiger partial charge in [0.2, 0.25) is 0 Å². The second-order valence-electron chi connectivity index (χ2n) is 5.47. The van der Waals surface area contributed by atoms with Crippen LogP contribution in [-0.4, -0.2) is 17.7 Å². The highest BCUT2D eigenvalue weighted by atomic mass is 16.6. The Labute approximate surface area is 118 Å². The van der Waals surface area contributed by atoms with E-state index in [4.69, 9.17) is 0 Å². The summed E-state index contributed by atoms with van der Waals surface area (Å²) in [6, 6.07) is 0. The van der Waals surface area contributed by atoms with Crippen LogP contribution in [0, 0.1) is 17.8 Å². The van der Waals surface area contributed by atoms with E-state index in [2.05, 4.69) is 10.8 Å². The van der Waals surface area contributed by atoms with Gasteiger partial charge in [-0.1, -0.05) is 31.2 Å². The topological polar surface area (TPSA) is 60.4 Å². The van der Waals surface area contributed by atoms with Crippen molar-refractivity contribution in [2.75, 3.05) is 0 Å². The molecule has 0 N–H and O–H groups in total. The molecule has 2 aliphatic rings. The third kappa shape index (κ3) is 3.65. The summed E-state index contributed by atoms with van der Waals surface area (Å²) in [5, 5.41) is 0. The molecule has 1 saturated heterocycles. The van der Waals surface area contributed by atoms with Crippen molar-refractivity contribution < 1.29 is 19.1 Å². The SMILES string of the molecule is CCC=CC(CC1C=CCC(=O)C1)C1CC(=O)OC1=O. The average Bonchev–Trinajstić information content (AvgIpc) is 2.73. The van der Waals surface area contributed by atoms with E-state index in [9.17, 15) is 14.4 Å². The van der Waals surface area contributed by atoms with Crippen LogP contribution < -0.4 is 0 Å². The summed E-state index contributed by atoms with van der Waals surface area (Å²) >= 11 is 0. The maximum absolute atomic E-state index is 11.7. The van der Waals surface area contributed by atoms with Crippen molar-refractivity contribution in [3.63, 3.8) is 0 Å². The predicted octanol–water partition coefficient (Wildman–Crippen LogP) is 2.58. The minimum absolute atomic E-state index is 0.0329. The van der Waals surface area contributed by atoms with E-state index in [1.165, 1.54) is 0 Å². The number of carbonyl (C=O) groups excluding carboxylic acids is 3. The molecular weight excluding hydrogens is 256 g/mol. The molecule has 4 heteroatoms. The molecule has 0 bridgehead atoms. The molecule has 0 radical (unpaired) electrons. The van der Waals surface area contributed by atoms with Crippen molar-refractivity contribution in [3.8, 4) is 0 Å². The molecule has 3 unspecified atom stereocenters. The molecule has 3 atom stereocenters. The molecule has 108 valence electrons. The van der Waals surface area contributed by atoms with Gasteiger partial charge in [-0.3, -0.25) is 14.4 Å². The molecule has 0 aromatic heterocycles. The van der Waals surface area contributed by atoms with Crippen LogP contribution in [-0.2, 0) is 19.1 Å². The zero-order chi connectivity index (χ0) is 14.5. The Kier molecular flexibility index (Phi) is 4.88. The number of ether oxygens (including phenoxy) is 1. The first-order valence-electron chi connectivity index (χ1n) is 7.19. The lowest BCUT2D eigenvalue weighted by Crippen LogP contribution is -2.22. The van der Waals surface area contributed by atoms with Crippen LogP contribution in [0.25, 0.3) is 0 Å². The van der Waals surface area contributed by atoms with E-state index < -0.39 is 17.9 Å². The molecule has 4 nitrogen and oxygen atoms in total. The second-order valence-corrected chi connectivity index (χ2v) is 5.47. The standard InChI is InChI=1S/C16H20O4/c1-2-3-6-12(14-10-15(18)20-16(14)19)8-11-5-4-7-13(17)9-11/h3-6,11-12,14H,2,7-10H2,1H3. The van der Waals surface area contributed by atoms with E-state index in [0.717, 1.165) is 6.42 Å². The van der Waals surface area contributed by atoms with Gasteiger partial charge in [0.1, 0.15) is 5.78 Å². The Hall–Kier alpha value is -1.71. The van der Waals surface area contributed by atoms with Gasteiger partial charge < -0.3 is 4.74 Å². The molecule has 1 aliphatic carbocycles. The van der Waals surface area contributed by atoms with Crippen LogP contribution in [0.5, 0.6) is 0 Å². The van der Waals surface area contributed by atoms with Gasteiger partial charge in [0, 0.05) is 12.8 Å². The molecule has 0 saturated carbocycles. The van der Waals surface area contributed by atoms with Crippen molar-refractivity contribution in [2.24, 2.45) is 17.8 Å². The lowest BCUT2D eigenvalue weighted by atomic mass is 9.80. The van der Waals surface area contributed by atoms with Gasteiger partial charge in [0.05, 0.1) is 12.3 Å². The van der Waals surface area contributed by atoms with E-state index in [1.54, 1.807) is 0 Å². The van der Waals surface area contributed by atoms with Gasteiger partial charge in [-0.2, -0.15) is 0 Å². The van der Waals surface area contributed by atoms with Gasteiger partial charge in [0.15, 0.2) is 0 Å². The van der Waals surface area contributed by atoms with Gasteiger partial charge in [-0.25, -0.2) is 0 Å². The molecule has 2 rings (SSSR count). The summed E-state index contributed by atoms with van der Waals surface area (Å²) in [5.74, 6) is -0.894. The number of esters is 2. The summed E-state index contributed by atoms with van der Waals surface area (Å²) in [6.45, 7) is 2.02. The average molecular weight is 276 g/mol. The highest BCUT2D eigenvalue weighted by Gasteiger charge is 2.39. The number of carbonyl (C=O) groups is 3. The monoisotopic (exact) mass is 276 g/mol. The summed E-state index contributed by atoms with van der Waals surface area (Å²) in [6.07, 6.45) is 10.7. The van der Waals surface area contributed by atoms with E-state index in [-0.39, 0.29) is 24.0 Å². The maximum Gasteiger partial charge on any atom is 0.317 e. The lowest BCUT2D eigenvalue weighted by molar-refractivity contribution is -0.153. The zero-order valence-electron chi connectivity index (χ0n) is 11.7. The smallest absolute Gasteiger partial charge is 0.317 e. The molecule has 1 fully saturated rings. The first-order chi connectivity index (χ1) is 9.60. The lowest BCUT2D eigenvalue weighted by Gasteiger charge is -2.23. The summed E-state index contributed by atoms with van der Waals surface area (Å²) in [4.78, 5) is 34.5. The predicted molar refractivity (Wildman–Crippen MR) is 73.6 cm³/mol. The minimum Gasteiger partial charge on any atom is -0.393 e. The summed E-state index contributed by atoms with van der Waals surface area (Å²) in [5.41, 5.74) is 0. The molecule has 1 aliphatic heterocycles. The second kappa shape index (κ2) is 6.64. The number of cyclic esters (lactones) is 2. The summed E-state index contributed by atoms with van der Waals surface area (Å²) < 4.78 is 4.65. The van der Waals surface area contributed by atoms with Crippen molar-refractivity contribution in [2.45, 2.75) is 39.0 Å². The van der Waals surface area contributed by atoms with Gasteiger partial charge >= 0.3 is 11.9 Å². The fourth-order valence-electron chi connectivity index (χ4n) is 2.85. The Balaban J connectivity index is 2.07. The highest BCUT2D eigenvalue weighted by Crippen LogP contribution is 2.33. The van der Waals surface area contributed by atoms with Crippen LogP contribution in [0.1, 0.15) is 39.0 Å². The third-order valence-electron chi connectivity index (χ3n) is 3.86. The number of hydrogen-bond acceptors (Lipinski definition) is 4. The fraction of sp³-hybridized carbons (Fsp3) is 0.562. The van der Waals surface area contributed by atoms with Crippen molar-refractivity contribution in [1.82, 2.24) is 0 Å². The number of allylic oxidation sites excluding steroid dienone is 4. The first kappa shape index (κ1) is 14.7. The van der Waals surface area contributed by atoms with Crippen LogP contribution in [0.3, 0.4) is 0 Å². The number of Topliss-reactive ketones (excluding diaryl/α,β-unsaturated/α-hetero) is 1. The Morgan fingerprint density at radius 3 is 2.75 bits per heavy atom. The quantitative estimate of drug-likeness (QED) is 0.440. The minimum atomic E-state index is -0.440. The van der Waals surface area contributed by atoms with Crippen molar-refractivity contribution in [1.29, 1.82) is 0 Å². The molecule has 0 aromatic rings. The van der Waals surface area contributed by atoms with E-state index in [0.29, 0.717) is 19.3 Å². The van der Waals surface area contributed by atoms with Gasteiger partial charge in [-0.05, 0) is 24.7 Å². The zero-order valence-corrected chi connectivity index (χ0v) is 11.7. The van der Waals surface area contributed by atoms with Crippen LogP contribution in [0.2, 0.25) is 0 Å². The highest BCUT2D eigenvalue weighted by molar-refractivity contribution is 5.94. The number of hydrogen-bond donors (Lipinski definition) is 0. The Morgan fingerprint density at radius 1 is 1.35 bits per heavy atom. The Bertz CT molecular complexity index is 461. The van der Waals surface area contributed by atoms with E-state index in [1.807, 2.05) is 25.2 Å². The maximum atomic E-state index is 11.7. The largest absolute Gasteiger partial charge is 0.393 e. The van der Waals surface area contributed by atoms with Gasteiger partial charge in [0.25, 0.3) is 0 Å². The first-order valence-corrected chi connectivity index (χ1v) is 7.19. The summed E-state index contributed by atoms with van der Waals surface area (Å²) in [7, 11) is 0. The van der Waals surface area contributed by atoms with Crippen LogP contribution in [0.4, 0.5) is 0 Å². The van der Waals surface area contributed by atoms with Crippen LogP contribution >= 0.6 is 0 Å². The molecule has 1 heterocycles. The van der Waals surface area contributed by atoms with Crippen molar-refractivity contribution in [3.05, 3.63) is 24.3 Å². The molecule has 0 spiro atoms. The fourth-order valence-corrected chi connectivity index (χ4v) is 2.85. The number of ketones is 1.